The first-order valence-electron chi connectivity index (χ1n) is 17.7. The third-order valence-electron chi connectivity index (χ3n) is 9.51. The van der Waals surface area contributed by atoms with Gasteiger partial charge in [-0.1, -0.05) is 12.1 Å². The minimum absolute atomic E-state index is 0.0154. The van der Waals surface area contributed by atoms with E-state index in [0.717, 1.165) is 15.5 Å². The zero-order chi connectivity index (χ0) is 41.4. The lowest BCUT2D eigenvalue weighted by atomic mass is 9.98. The molecular weight excluding hydrogens is 756 g/mol. The van der Waals surface area contributed by atoms with E-state index >= 15 is 4.39 Å². The van der Waals surface area contributed by atoms with Crippen molar-refractivity contribution in [2.75, 3.05) is 31.5 Å². The van der Waals surface area contributed by atoms with Crippen LogP contribution in [0.25, 0.3) is 27.5 Å². The third-order valence-corrected chi connectivity index (χ3v) is 9.51. The minimum atomic E-state index is -4.67. The summed E-state index contributed by atoms with van der Waals surface area (Å²) in [6.45, 7) is 4.45. The Morgan fingerprint density at radius 2 is 1.79 bits per heavy atom. The molecule has 1 aliphatic heterocycles. The maximum atomic E-state index is 15.8. The van der Waals surface area contributed by atoms with Crippen LogP contribution in [0.15, 0.2) is 70.6 Å². The van der Waals surface area contributed by atoms with E-state index in [4.69, 9.17) is 14.2 Å². The number of benzene rings is 2. The van der Waals surface area contributed by atoms with Crippen molar-refractivity contribution in [3.63, 3.8) is 0 Å². The van der Waals surface area contributed by atoms with E-state index < -0.39 is 77.6 Å². The molecule has 6 rings (SSSR count). The number of fused-ring (bicyclic) bond motifs is 2. The van der Waals surface area contributed by atoms with Gasteiger partial charge in [-0.3, -0.25) is 28.9 Å². The number of hydrogen-bond acceptors (Lipinski definition) is 11. The predicted octanol–water partition coefficient (Wildman–Crippen LogP) is 4.28. The van der Waals surface area contributed by atoms with Gasteiger partial charge in [-0.25, -0.2) is 18.5 Å². The van der Waals surface area contributed by atoms with Crippen LogP contribution in [0.3, 0.4) is 0 Å². The second kappa shape index (κ2) is 15.8. The highest BCUT2D eigenvalue weighted by molar-refractivity contribution is 5.99. The molecule has 2 atom stereocenters. The minimum Gasteiger partial charge on any atom is -0.427 e. The van der Waals surface area contributed by atoms with Crippen LogP contribution in [0.1, 0.15) is 42.3 Å². The van der Waals surface area contributed by atoms with Crippen molar-refractivity contribution in [2.24, 2.45) is 12.5 Å². The van der Waals surface area contributed by atoms with Crippen LogP contribution in [0, 0.1) is 18.2 Å². The molecule has 1 N–H and O–H groups in total. The molecular formula is C39H38F4N6O8. The Morgan fingerprint density at radius 1 is 1.04 bits per heavy atom. The highest BCUT2D eigenvalue weighted by Gasteiger charge is 2.46. The summed E-state index contributed by atoms with van der Waals surface area (Å²) in [6, 6.07) is 6.13. The van der Waals surface area contributed by atoms with Crippen LogP contribution in [-0.2, 0) is 37.3 Å². The topological polar surface area (TPSA) is 164 Å². The van der Waals surface area contributed by atoms with Gasteiger partial charge in [-0.2, -0.15) is 13.2 Å². The quantitative estimate of drug-likeness (QED) is 0.129. The Labute approximate surface area is 322 Å². The molecule has 0 bridgehead atoms. The van der Waals surface area contributed by atoms with E-state index in [1.807, 2.05) is 0 Å². The van der Waals surface area contributed by atoms with Crippen molar-refractivity contribution >= 4 is 45.3 Å². The smallest absolute Gasteiger partial charge is 0.411 e. The largest absolute Gasteiger partial charge is 0.427 e. The molecule has 0 unspecified atom stereocenters. The number of carbonyl (C=O) groups is 3. The number of morpholine rings is 1. The number of anilines is 1. The Kier molecular flexibility index (Phi) is 11.2. The fourth-order valence-corrected chi connectivity index (χ4v) is 6.55. The Morgan fingerprint density at radius 3 is 2.49 bits per heavy atom. The lowest BCUT2D eigenvalue weighted by molar-refractivity contribution is -0.174. The normalized spacial score (nSPS) is 15.4. The first-order chi connectivity index (χ1) is 26.9. The summed E-state index contributed by atoms with van der Waals surface area (Å²) >= 11 is 0. The van der Waals surface area contributed by atoms with E-state index in [0.29, 0.717) is 16.5 Å². The molecule has 2 aromatic carbocycles. The maximum Gasteiger partial charge on any atom is 0.411 e. The van der Waals surface area contributed by atoms with E-state index in [-0.39, 0.29) is 47.4 Å². The summed E-state index contributed by atoms with van der Waals surface area (Å²) in [6.07, 6.45) is -0.725. The molecule has 0 radical (unpaired) electrons. The number of amides is 1. The summed E-state index contributed by atoms with van der Waals surface area (Å²) in [7, 11) is 1.49. The van der Waals surface area contributed by atoms with Gasteiger partial charge in [0, 0.05) is 43.5 Å². The van der Waals surface area contributed by atoms with Gasteiger partial charge in [0.1, 0.15) is 17.9 Å². The molecule has 3 aromatic heterocycles. The van der Waals surface area contributed by atoms with Gasteiger partial charge in [0.15, 0.2) is 0 Å². The van der Waals surface area contributed by atoms with Gasteiger partial charge < -0.3 is 24.4 Å². The number of alkyl halides is 3. The highest BCUT2D eigenvalue weighted by atomic mass is 19.4. The molecule has 1 fully saturated rings. The average molecular weight is 795 g/mol. The number of carbonyl (C=O) groups excluding carboxylic acids is 3. The number of hydrogen-bond donors (Lipinski definition) is 1. The average Bonchev–Trinajstić information content (AvgIpc) is 3.16. The lowest BCUT2D eigenvalue weighted by Gasteiger charge is -2.38. The second-order valence-electron chi connectivity index (χ2n) is 14.5. The predicted molar refractivity (Wildman–Crippen MR) is 198 cm³/mol. The van der Waals surface area contributed by atoms with Crippen molar-refractivity contribution in [2.45, 2.75) is 52.4 Å². The summed E-state index contributed by atoms with van der Waals surface area (Å²) in [5.41, 5.74) is -1.88. The van der Waals surface area contributed by atoms with Gasteiger partial charge >= 0.3 is 23.8 Å². The number of nitrogens with zero attached hydrogens (tertiary/aromatic N) is 5. The first kappa shape index (κ1) is 40.5. The first-order valence-corrected chi connectivity index (χ1v) is 17.7. The molecule has 14 nitrogen and oxygen atoms in total. The van der Waals surface area contributed by atoms with Crippen molar-refractivity contribution in [1.29, 1.82) is 0 Å². The van der Waals surface area contributed by atoms with Gasteiger partial charge in [0.25, 0.3) is 11.5 Å². The summed E-state index contributed by atoms with van der Waals surface area (Å²) in [5, 5.41) is 3.08. The monoisotopic (exact) mass is 794 g/mol. The van der Waals surface area contributed by atoms with Crippen LogP contribution in [-0.4, -0.2) is 81.8 Å². The zero-order valence-electron chi connectivity index (χ0n) is 31.5. The number of esters is 2. The lowest BCUT2D eigenvalue weighted by Crippen LogP contribution is -2.53. The van der Waals surface area contributed by atoms with Gasteiger partial charge in [0.2, 0.25) is 6.79 Å². The summed E-state index contributed by atoms with van der Waals surface area (Å²) in [5.74, 6) is -3.98. The number of ether oxygens (including phenoxy) is 3. The molecule has 1 amide bonds. The van der Waals surface area contributed by atoms with Crippen molar-refractivity contribution in [3.05, 3.63) is 104 Å². The standard InChI is InChI=1S/C39H38F4N6O8/c1-21-15-23(48-13-14-55-19-30(48)39(41,42)43)17-26(40)31(21)33(50)46-27(35(52)56-20-57-36(53)38(2,3)4)16-22-8-9-28(32-24(22)7-6-11-45-32)49-34(51)25-10-12-44-18-29(25)47(5)37(49)54/h6-12,15,17-18,27,30H,13-14,16,19-20H2,1-5H3,(H,46,50)/t27-,30+/m0/s1. The van der Waals surface area contributed by atoms with Crippen molar-refractivity contribution in [3.8, 4) is 5.69 Å². The van der Waals surface area contributed by atoms with E-state index in [1.54, 1.807) is 32.9 Å². The number of aromatic nitrogens is 4. The molecule has 1 saturated heterocycles. The Hall–Kier alpha value is -6.17. The van der Waals surface area contributed by atoms with Crippen molar-refractivity contribution in [1.82, 2.24) is 24.4 Å². The van der Waals surface area contributed by atoms with Crippen molar-refractivity contribution < 1.29 is 46.2 Å². The Balaban J connectivity index is 1.36. The molecule has 1 aliphatic rings. The van der Waals surface area contributed by atoms with E-state index in [1.165, 1.54) is 61.4 Å². The molecule has 5 aromatic rings. The molecule has 300 valence electrons. The fourth-order valence-electron chi connectivity index (χ4n) is 6.55. The highest BCUT2D eigenvalue weighted by Crippen LogP contribution is 2.33. The molecule has 0 saturated carbocycles. The SMILES string of the molecule is Cc1cc(N2CCOC[C@@H]2C(F)(F)F)cc(F)c1C(=O)N[C@@H](Cc1ccc(-n2c(=O)c3ccncc3n(C)c2=O)c2ncccc12)C(=O)OCOC(=O)C(C)(C)C. The summed E-state index contributed by atoms with van der Waals surface area (Å²) < 4.78 is 74.8. The van der Waals surface area contributed by atoms with Crippen LogP contribution < -0.4 is 21.5 Å². The molecule has 4 heterocycles. The van der Waals surface area contributed by atoms with Crippen LogP contribution >= 0.6 is 0 Å². The van der Waals surface area contributed by atoms with Crippen LogP contribution in [0.5, 0.6) is 0 Å². The van der Waals surface area contributed by atoms with E-state index in [9.17, 15) is 37.1 Å². The summed E-state index contributed by atoms with van der Waals surface area (Å²) in [4.78, 5) is 76.3. The molecule has 0 aliphatic carbocycles. The van der Waals surface area contributed by atoms with Crippen LogP contribution in [0.4, 0.5) is 23.2 Å². The maximum absolute atomic E-state index is 15.8. The van der Waals surface area contributed by atoms with Gasteiger partial charge in [0.05, 0.1) is 52.5 Å². The number of halogens is 4. The Bertz CT molecular complexity index is 2490. The number of pyridine rings is 2. The van der Waals surface area contributed by atoms with Gasteiger partial charge in [-0.05, 0) is 69.2 Å². The number of aryl methyl sites for hydroxylation is 2. The number of nitrogens with one attached hydrogen (secondary N) is 1. The van der Waals surface area contributed by atoms with Gasteiger partial charge in [-0.15, -0.1) is 0 Å². The molecule has 57 heavy (non-hydrogen) atoms. The third kappa shape index (κ3) is 8.21. The fraction of sp³-hybridized carbons (Fsp3) is 0.359. The second-order valence-corrected chi connectivity index (χ2v) is 14.5. The number of rotatable bonds is 9. The zero-order valence-corrected chi connectivity index (χ0v) is 31.5. The molecule has 0 spiro atoms. The van der Waals surface area contributed by atoms with E-state index in [2.05, 4.69) is 15.3 Å². The van der Waals surface area contributed by atoms with Crippen LogP contribution in [0.2, 0.25) is 0 Å². The molecule has 18 heteroatoms.